The van der Waals surface area contributed by atoms with Gasteiger partial charge in [-0.15, -0.1) is 0 Å². The second kappa shape index (κ2) is 12.1. The van der Waals surface area contributed by atoms with Crippen molar-refractivity contribution in [1.82, 2.24) is 14.7 Å². The Balaban J connectivity index is 1.41. The van der Waals surface area contributed by atoms with E-state index in [2.05, 4.69) is 4.90 Å². The van der Waals surface area contributed by atoms with Gasteiger partial charge in [0.1, 0.15) is 11.6 Å². The fraction of sp³-hybridized carbons (Fsp3) is 0.607. The first-order valence-electron chi connectivity index (χ1n) is 13.6. The second-order valence-electron chi connectivity index (χ2n) is 10.7. The summed E-state index contributed by atoms with van der Waals surface area (Å²) in [6, 6.07) is 1.50. The van der Waals surface area contributed by atoms with Gasteiger partial charge >= 0.3 is 0 Å². The van der Waals surface area contributed by atoms with Crippen molar-refractivity contribution in [3.63, 3.8) is 0 Å². The molecule has 1 atom stereocenters. The van der Waals surface area contributed by atoms with Crippen LogP contribution in [-0.4, -0.2) is 96.3 Å². The summed E-state index contributed by atoms with van der Waals surface area (Å²) in [6.45, 7) is 8.39. The molecule has 206 valence electrons. The standard InChI is InChI=1S/C28H37FN4O5/c1-3-4-21(36)5-6-25(19(2)35)33-27(37)22-15-24(29)26(16-23(22)28(33)38)32-13-11-30(12-14-32)17-20-7-9-31(18-34)10-8-20/h15-16,18,20,25H,3-14,17H2,1-2H3. The minimum atomic E-state index is -1.04. The number of piperidine rings is 1. The fourth-order valence-electron chi connectivity index (χ4n) is 5.79. The van der Waals surface area contributed by atoms with Crippen molar-refractivity contribution >= 4 is 35.5 Å². The van der Waals surface area contributed by atoms with Crippen molar-refractivity contribution in [3.05, 3.63) is 29.1 Å². The molecule has 2 fully saturated rings. The smallest absolute Gasteiger partial charge is 0.262 e. The number of anilines is 1. The molecule has 2 saturated heterocycles. The van der Waals surface area contributed by atoms with E-state index in [1.54, 1.807) is 0 Å². The minimum Gasteiger partial charge on any atom is -0.367 e. The van der Waals surface area contributed by atoms with E-state index in [0.29, 0.717) is 31.8 Å². The summed E-state index contributed by atoms with van der Waals surface area (Å²) in [7, 11) is 0. The third-order valence-corrected chi connectivity index (χ3v) is 8.02. The van der Waals surface area contributed by atoms with E-state index in [9.17, 15) is 24.0 Å². The molecule has 0 N–H and O–H groups in total. The summed E-state index contributed by atoms with van der Waals surface area (Å²) in [5.74, 6) is -1.74. The zero-order valence-electron chi connectivity index (χ0n) is 22.3. The maximum absolute atomic E-state index is 15.2. The number of Topliss-reactive ketones (excluding diaryl/α,β-unsaturated/α-hetero) is 2. The van der Waals surface area contributed by atoms with Crippen LogP contribution in [0, 0.1) is 11.7 Å². The predicted molar refractivity (Wildman–Crippen MR) is 140 cm³/mol. The van der Waals surface area contributed by atoms with Crippen LogP contribution in [0.5, 0.6) is 0 Å². The Bertz CT molecular complexity index is 1090. The van der Waals surface area contributed by atoms with Crippen molar-refractivity contribution < 1.29 is 28.4 Å². The number of carbonyl (C=O) groups excluding carboxylic acids is 5. The van der Waals surface area contributed by atoms with Gasteiger partial charge in [-0.2, -0.15) is 0 Å². The molecule has 0 aliphatic carbocycles. The van der Waals surface area contributed by atoms with Crippen molar-refractivity contribution in [2.75, 3.05) is 50.7 Å². The van der Waals surface area contributed by atoms with Gasteiger partial charge in [0, 0.05) is 58.7 Å². The van der Waals surface area contributed by atoms with Gasteiger partial charge in [0.2, 0.25) is 6.41 Å². The summed E-state index contributed by atoms with van der Waals surface area (Å²) in [5.41, 5.74) is 0.341. The number of benzene rings is 1. The molecule has 0 bridgehead atoms. The lowest BCUT2D eigenvalue weighted by Crippen LogP contribution is -2.49. The van der Waals surface area contributed by atoms with E-state index in [-0.39, 0.29) is 41.2 Å². The van der Waals surface area contributed by atoms with E-state index in [1.807, 2.05) is 16.7 Å². The summed E-state index contributed by atoms with van der Waals surface area (Å²) < 4.78 is 15.2. The summed E-state index contributed by atoms with van der Waals surface area (Å²) in [5, 5.41) is 0. The maximum Gasteiger partial charge on any atom is 0.262 e. The van der Waals surface area contributed by atoms with Crippen LogP contribution in [0.1, 0.15) is 73.1 Å². The third kappa shape index (κ3) is 5.95. The van der Waals surface area contributed by atoms with Gasteiger partial charge in [-0.3, -0.25) is 33.8 Å². The lowest BCUT2D eigenvalue weighted by molar-refractivity contribution is -0.122. The van der Waals surface area contributed by atoms with E-state index >= 15 is 4.39 Å². The molecule has 0 saturated carbocycles. The number of hydrogen-bond donors (Lipinski definition) is 0. The van der Waals surface area contributed by atoms with Crippen molar-refractivity contribution in [2.24, 2.45) is 5.92 Å². The highest BCUT2D eigenvalue weighted by molar-refractivity contribution is 6.23. The summed E-state index contributed by atoms with van der Waals surface area (Å²) in [6.07, 6.45) is 4.13. The SMILES string of the molecule is CCCC(=O)CCC(C(C)=O)N1C(=O)c2cc(F)c(N3CCN(CC4CCN(C=O)CC4)CC3)cc2C1=O. The monoisotopic (exact) mass is 528 g/mol. The van der Waals surface area contributed by atoms with Crippen LogP contribution in [0.15, 0.2) is 12.1 Å². The number of piperazine rings is 1. The van der Waals surface area contributed by atoms with Crippen LogP contribution < -0.4 is 4.90 Å². The number of hydrogen-bond acceptors (Lipinski definition) is 7. The Morgan fingerprint density at radius 2 is 1.63 bits per heavy atom. The molecule has 0 aromatic heterocycles. The van der Waals surface area contributed by atoms with Gasteiger partial charge in [0.25, 0.3) is 11.8 Å². The molecule has 9 nitrogen and oxygen atoms in total. The quantitative estimate of drug-likeness (QED) is 0.322. The molecule has 1 aromatic rings. The van der Waals surface area contributed by atoms with Crippen LogP contribution in [0.2, 0.25) is 0 Å². The van der Waals surface area contributed by atoms with Gasteiger partial charge in [-0.05, 0) is 50.7 Å². The van der Waals surface area contributed by atoms with Gasteiger partial charge in [0.15, 0.2) is 5.78 Å². The zero-order valence-corrected chi connectivity index (χ0v) is 22.3. The molecule has 3 aliphatic rings. The molecule has 0 radical (unpaired) electrons. The molecule has 0 spiro atoms. The number of fused-ring (bicyclic) bond motifs is 1. The van der Waals surface area contributed by atoms with E-state index < -0.39 is 23.7 Å². The van der Waals surface area contributed by atoms with Crippen LogP contribution in [0.25, 0.3) is 0 Å². The molecule has 3 heterocycles. The van der Waals surface area contributed by atoms with Crippen LogP contribution in [0.4, 0.5) is 10.1 Å². The van der Waals surface area contributed by atoms with E-state index in [4.69, 9.17) is 0 Å². The minimum absolute atomic E-state index is 0.0192. The molecule has 3 amide bonds. The normalized spacial score (nSPS) is 19.6. The fourth-order valence-corrected chi connectivity index (χ4v) is 5.79. The van der Waals surface area contributed by atoms with Crippen molar-refractivity contribution in [3.8, 4) is 0 Å². The Hall–Kier alpha value is -3.14. The Labute approximate surface area is 222 Å². The van der Waals surface area contributed by atoms with Gasteiger partial charge in [0.05, 0.1) is 22.9 Å². The van der Waals surface area contributed by atoms with Crippen molar-refractivity contribution in [2.45, 2.75) is 58.4 Å². The van der Waals surface area contributed by atoms with Gasteiger partial charge in [-0.1, -0.05) is 6.92 Å². The van der Waals surface area contributed by atoms with Crippen LogP contribution in [-0.2, 0) is 14.4 Å². The first-order valence-corrected chi connectivity index (χ1v) is 13.6. The zero-order chi connectivity index (χ0) is 27.4. The van der Waals surface area contributed by atoms with E-state index in [0.717, 1.165) is 62.9 Å². The van der Waals surface area contributed by atoms with Gasteiger partial charge in [-0.25, -0.2) is 4.39 Å². The molecular weight excluding hydrogens is 491 g/mol. The first kappa shape index (κ1) is 27.9. The number of amides is 3. The highest BCUT2D eigenvalue weighted by atomic mass is 19.1. The van der Waals surface area contributed by atoms with Crippen LogP contribution >= 0.6 is 0 Å². The highest BCUT2D eigenvalue weighted by Crippen LogP contribution is 2.33. The number of ketones is 2. The number of nitrogens with zero attached hydrogens (tertiary/aromatic N) is 4. The molecule has 3 aliphatic heterocycles. The third-order valence-electron chi connectivity index (χ3n) is 8.02. The largest absolute Gasteiger partial charge is 0.367 e. The Morgan fingerprint density at radius 3 is 2.21 bits per heavy atom. The number of likely N-dealkylation sites (tertiary alicyclic amines) is 1. The molecular formula is C28H37FN4O5. The number of halogens is 1. The number of carbonyl (C=O) groups is 5. The lowest BCUT2D eigenvalue weighted by atomic mass is 9.96. The topological polar surface area (TPSA) is 98.3 Å². The summed E-state index contributed by atoms with van der Waals surface area (Å²) in [4.78, 5) is 68.7. The molecule has 10 heteroatoms. The molecule has 1 aromatic carbocycles. The Morgan fingerprint density at radius 1 is 1.00 bits per heavy atom. The van der Waals surface area contributed by atoms with Crippen LogP contribution in [0.3, 0.4) is 0 Å². The summed E-state index contributed by atoms with van der Waals surface area (Å²) >= 11 is 0. The second-order valence-corrected chi connectivity index (χ2v) is 10.7. The van der Waals surface area contributed by atoms with E-state index in [1.165, 1.54) is 13.0 Å². The highest BCUT2D eigenvalue weighted by Gasteiger charge is 2.43. The van der Waals surface area contributed by atoms with Crippen molar-refractivity contribution in [1.29, 1.82) is 0 Å². The van der Waals surface area contributed by atoms with Gasteiger partial charge < -0.3 is 9.80 Å². The maximum atomic E-state index is 15.2. The molecule has 4 rings (SSSR count). The number of rotatable bonds is 11. The average molecular weight is 529 g/mol. The molecule has 1 unspecified atom stereocenters. The Kier molecular flexibility index (Phi) is 8.91. The average Bonchev–Trinajstić information content (AvgIpc) is 3.13. The first-order chi connectivity index (χ1) is 18.2. The lowest BCUT2D eigenvalue weighted by Gasteiger charge is -2.39. The number of imide groups is 1. The predicted octanol–water partition coefficient (Wildman–Crippen LogP) is 2.52. The molecule has 38 heavy (non-hydrogen) atoms.